The molecular formula is C16H16Cl2N2O. The predicted octanol–water partition coefficient (Wildman–Crippen LogP) is 4.55. The molecule has 21 heavy (non-hydrogen) atoms. The molecule has 0 spiro atoms. The number of benzene rings is 2. The Kier molecular flexibility index (Phi) is 5.48. The summed E-state index contributed by atoms with van der Waals surface area (Å²) < 4.78 is 0. The molecule has 2 rings (SSSR count). The number of carbonyl (C=O) groups is 1. The van der Waals surface area contributed by atoms with E-state index in [2.05, 4.69) is 10.6 Å². The van der Waals surface area contributed by atoms with Gasteiger partial charge in [-0.2, -0.15) is 0 Å². The van der Waals surface area contributed by atoms with Crippen LogP contribution in [0.2, 0.25) is 10.0 Å². The van der Waals surface area contributed by atoms with Gasteiger partial charge in [0, 0.05) is 16.6 Å². The van der Waals surface area contributed by atoms with Gasteiger partial charge in [0.05, 0.1) is 6.04 Å². The minimum Gasteiger partial charge on any atom is -0.334 e. The van der Waals surface area contributed by atoms with Crippen molar-refractivity contribution in [2.45, 2.75) is 19.5 Å². The highest BCUT2D eigenvalue weighted by Gasteiger charge is 2.10. The predicted molar refractivity (Wildman–Crippen MR) is 86.7 cm³/mol. The Labute approximate surface area is 134 Å². The van der Waals surface area contributed by atoms with Crippen LogP contribution in [0.4, 0.5) is 4.79 Å². The highest BCUT2D eigenvalue weighted by Crippen LogP contribution is 2.17. The average molecular weight is 323 g/mol. The average Bonchev–Trinajstić information content (AvgIpc) is 2.46. The summed E-state index contributed by atoms with van der Waals surface area (Å²) in [5.74, 6) is 0. The van der Waals surface area contributed by atoms with E-state index >= 15 is 0 Å². The summed E-state index contributed by atoms with van der Waals surface area (Å²) in [5.41, 5.74) is 1.83. The zero-order valence-electron chi connectivity index (χ0n) is 11.6. The van der Waals surface area contributed by atoms with Crippen molar-refractivity contribution in [1.82, 2.24) is 10.6 Å². The number of hydrogen-bond donors (Lipinski definition) is 2. The standard InChI is InChI=1S/C16H16Cl2N2O/c1-11(12-6-4-7-14(17)9-12)20-16(21)19-10-13-5-2-3-8-15(13)18/h2-9,11H,10H2,1H3,(H2,19,20,21)/t11-/m1/s1. The molecule has 0 fully saturated rings. The number of nitrogens with one attached hydrogen (secondary N) is 2. The summed E-state index contributed by atoms with van der Waals surface area (Å²) in [4.78, 5) is 11.9. The first-order valence-corrected chi connectivity index (χ1v) is 7.35. The van der Waals surface area contributed by atoms with Crippen molar-refractivity contribution in [2.75, 3.05) is 0 Å². The molecule has 0 saturated carbocycles. The molecule has 2 aromatic carbocycles. The van der Waals surface area contributed by atoms with Gasteiger partial charge in [-0.1, -0.05) is 53.5 Å². The minimum atomic E-state index is -0.248. The van der Waals surface area contributed by atoms with Crippen molar-refractivity contribution in [3.8, 4) is 0 Å². The van der Waals surface area contributed by atoms with Crippen molar-refractivity contribution >= 4 is 29.2 Å². The molecule has 0 aliphatic carbocycles. The second-order valence-corrected chi connectivity index (χ2v) is 5.54. The number of carbonyl (C=O) groups excluding carboxylic acids is 1. The van der Waals surface area contributed by atoms with E-state index in [9.17, 15) is 4.79 Å². The molecule has 0 aromatic heterocycles. The van der Waals surface area contributed by atoms with Crippen LogP contribution >= 0.6 is 23.2 Å². The molecule has 1 atom stereocenters. The third kappa shape index (κ3) is 4.66. The number of hydrogen-bond acceptors (Lipinski definition) is 1. The van der Waals surface area contributed by atoms with Crippen molar-refractivity contribution < 1.29 is 4.79 Å². The monoisotopic (exact) mass is 322 g/mol. The van der Waals surface area contributed by atoms with Gasteiger partial charge in [0.25, 0.3) is 0 Å². The van der Waals surface area contributed by atoms with Crippen LogP contribution in [0.5, 0.6) is 0 Å². The van der Waals surface area contributed by atoms with Gasteiger partial charge in [0.15, 0.2) is 0 Å². The summed E-state index contributed by atoms with van der Waals surface area (Å²) in [6, 6.07) is 14.5. The SMILES string of the molecule is C[C@@H](NC(=O)NCc1ccccc1Cl)c1cccc(Cl)c1. The van der Waals surface area contributed by atoms with E-state index in [1.807, 2.05) is 43.3 Å². The molecule has 3 nitrogen and oxygen atoms in total. The van der Waals surface area contributed by atoms with E-state index in [1.165, 1.54) is 0 Å². The molecular weight excluding hydrogens is 307 g/mol. The molecule has 0 aliphatic rings. The van der Waals surface area contributed by atoms with Crippen LogP contribution in [0.3, 0.4) is 0 Å². The Morgan fingerprint density at radius 3 is 2.62 bits per heavy atom. The highest BCUT2D eigenvalue weighted by molar-refractivity contribution is 6.31. The summed E-state index contributed by atoms with van der Waals surface area (Å²) in [5, 5.41) is 6.94. The molecule has 0 radical (unpaired) electrons. The van der Waals surface area contributed by atoms with Crippen molar-refractivity contribution in [1.29, 1.82) is 0 Å². The molecule has 0 bridgehead atoms. The number of halogens is 2. The number of amides is 2. The smallest absolute Gasteiger partial charge is 0.315 e. The third-order valence-corrected chi connectivity index (χ3v) is 3.70. The maximum Gasteiger partial charge on any atom is 0.315 e. The van der Waals surface area contributed by atoms with E-state index in [4.69, 9.17) is 23.2 Å². The maximum atomic E-state index is 11.9. The second-order valence-electron chi connectivity index (χ2n) is 4.70. The Balaban J connectivity index is 1.89. The minimum absolute atomic E-state index is 0.130. The van der Waals surface area contributed by atoms with Gasteiger partial charge in [-0.15, -0.1) is 0 Å². The molecule has 2 aromatic rings. The van der Waals surface area contributed by atoms with E-state index in [-0.39, 0.29) is 12.1 Å². The van der Waals surface area contributed by atoms with Crippen LogP contribution in [0.25, 0.3) is 0 Å². The first-order chi connectivity index (χ1) is 10.1. The molecule has 0 heterocycles. The number of urea groups is 1. The van der Waals surface area contributed by atoms with Gasteiger partial charge in [-0.25, -0.2) is 4.79 Å². The Hall–Kier alpha value is -1.71. The quantitative estimate of drug-likeness (QED) is 0.851. The van der Waals surface area contributed by atoms with Gasteiger partial charge >= 0.3 is 6.03 Å². The lowest BCUT2D eigenvalue weighted by molar-refractivity contribution is 0.237. The van der Waals surface area contributed by atoms with Gasteiger partial charge in [0.1, 0.15) is 0 Å². The fourth-order valence-corrected chi connectivity index (χ4v) is 2.33. The van der Waals surface area contributed by atoms with E-state index < -0.39 is 0 Å². The van der Waals surface area contributed by atoms with Crippen molar-refractivity contribution in [3.63, 3.8) is 0 Å². The van der Waals surface area contributed by atoms with Crippen LogP contribution in [-0.2, 0) is 6.54 Å². The van der Waals surface area contributed by atoms with Gasteiger partial charge in [-0.3, -0.25) is 0 Å². The summed E-state index contributed by atoms with van der Waals surface area (Å²) in [6.07, 6.45) is 0. The van der Waals surface area contributed by atoms with Gasteiger partial charge < -0.3 is 10.6 Å². The van der Waals surface area contributed by atoms with E-state index in [0.29, 0.717) is 16.6 Å². The summed E-state index contributed by atoms with van der Waals surface area (Å²) in [6.45, 7) is 2.29. The van der Waals surface area contributed by atoms with Crippen LogP contribution in [0.1, 0.15) is 24.1 Å². The summed E-state index contributed by atoms with van der Waals surface area (Å²) >= 11 is 12.0. The maximum absolute atomic E-state index is 11.9. The Morgan fingerprint density at radius 1 is 1.14 bits per heavy atom. The lowest BCUT2D eigenvalue weighted by Gasteiger charge is -2.15. The van der Waals surface area contributed by atoms with E-state index in [0.717, 1.165) is 11.1 Å². The summed E-state index contributed by atoms with van der Waals surface area (Å²) in [7, 11) is 0. The zero-order valence-corrected chi connectivity index (χ0v) is 13.1. The molecule has 2 amide bonds. The van der Waals surface area contributed by atoms with Crippen LogP contribution in [0.15, 0.2) is 48.5 Å². The molecule has 0 saturated heterocycles. The van der Waals surface area contributed by atoms with Crippen molar-refractivity contribution in [3.05, 3.63) is 69.7 Å². The topological polar surface area (TPSA) is 41.1 Å². The fraction of sp³-hybridized carbons (Fsp3) is 0.188. The molecule has 0 aliphatic heterocycles. The third-order valence-electron chi connectivity index (χ3n) is 3.09. The van der Waals surface area contributed by atoms with Crippen molar-refractivity contribution in [2.24, 2.45) is 0 Å². The largest absolute Gasteiger partial charge is 0.334 e. The van der Waals surface area contributed by atoms with E-state index in [1.54, 1.807) is 12.1 Å². The van der Waals surface area contributed by atoms with Crippen LogP contribution < -0.4 is 10.6 Å². The first-order valence-electron chi connectivity index (χ1n) is 6.59. The highest BCUT2D eigenvalue weighted by atomic mass is 35.5. The second kappa shape index (κ2) is 7.34. The van der Waals surface area contributed by atoms with Gasteiger partial charge in [0.2, 0.25) is 0 Å². The fourth-order valence-electron chi connectivity index (χ4n) is 1.92. The molecule has 0 unspecified atom stereocenters. The lowest BCUT2D eigenvalue weighted by Crippen LogP contribution is -2.36. The Morgan fingerprint density at radius 2 is 1.90 bits per heavy atom. The van der Waals surface area contributed by atoms with Crippen LogP contribution in [0, 0.1) is 0 Å². The lowest BCUT2D eigenvalue weighted by atomic mass is 10.1. The molecule has 110 valence electrons. The molecule has 2 N–H and O–H groups in total. The van der Waals surface area contributed by atoms with Crippen LogP contribution in [-0.4, -0.2) is 6.03 Å². The normalized spacial score (nSPS) is 11.8. The number of rotatable bonds is 4. The molecule has 5 heteroatoms. The Bertz CT molecular complexity index is 631. The zero-order chi connectivity index (χ0) is 15.2. The first kappa shape index (κ1) is 15.7. The van der Waals surface area contributed by atoms with Gasteiger partial charge in [-0.05, 0) is 36.2 Å².